The van der Waals surface area contributed by atoms with Gasteiger partial charge < -0.3 is 19.9 Å². The number of thioether (sulfide) groups is 1. The summed E-state index contributed by atoms with van der Waals surface area (Å²) in [6, 6.07) is 21.1. The van der Waals surface area contributed by atoms with Gasteiger partial charge in [-0.1, -0.05) is 63.4 Å². The van der Waals surface area contributed by atoms with Gasteiger partial charge in [0, 0.05) is 56.7 Å². The lowest BCUT2D eigenvalue weighted by Gasteiger charge is -2.38. The fraction of sp³-hybridized carbons (Fsp3) is 0.290. The molecule has 3 heterocycles. The minimum absolute atomic E-state index is 0.0540. The maximum atomic E-state index is 14.6. The van der Waals surface area contributed by atoms with Crippen molar-refractivity contribution < 1.29 is 14.7 Å². The zero-order valence-electron chi connectivity index (χ0n) is 21.9. The van der Waals surface area contributed by atoms with E-state index in [2.05, 4.69) is 20.9 Å². The van der Waals surface area contributed by atoms with Gasteiger partial charge in [0.05, 0.1) is 18.6 Å². The Morgan fingerprint density at radius 3 is 2.60 bits per heavy atom. The van der Waals surface area contributed by atoms with Gasteiger partial charge in [0.1, 0.15) is 4.75 Å². The smallest absolute Gasteiger partial charge is 0.242 e. The number of fused-ring (bicyclic) bond motifs is 1. The number of hydrogen-bond acceptors (Lipinski definition) is 4. The average molecular weight is 639 g/mol. The van der Waals surface area contributed by atoms with Crippen LogP contribution in [-0.4, -0.2) is 55.6 Å². The van der Waals surface area contributed by atoms with E-state index in [-0.39, 0.29) is 24.8 Å². The highest BCUT2D eigenvalue weighted by Gasteiger charge is 2.60. The zero-order chi connectivity index (χ0) is 28.0. The normalized spacial score (nSPS) is 22.9. The Morgan fingerprint density at radius 2 is 1.90 bits per heavy atom. The first-order valence-electron chi connectivity index (χ1n) is 13.3. The summed E-state index contributed by atoms with van der Waals surface area (Å²) in [6.45, 7) is 3.13. The van der Waals surface area contributed by atoms with Gasteiger partial charge in [0.15, 0.2) is 0 Å². The topological polar surface area (TPSA) is 76.6 Å². The molecule has 2 amide bonds. The third kappa shape index (κ3) is 5.07. The standard InChI is InChI=1S/C31H29BrClN3O3S/c1-19-2-9-24(10-3-19)40-31(30(39)35-13-12-23(37)18-35)15-28(38)36(17-20-4-6-21(32)7-5-20)29(31)26-16-34-27-14-22(33)8-11-25(26)27/h2-11,14,16,23,29,34,37H,12-13,15,17-18H2,1H3. The molecule has 2 N–H and O–H groups in total. The van der Waals surface area contributed by atoms with Crippen molar-refractivity contribution in [2.75, 3.05) is 13.1 Å². The van der Waals surface area contributed by atoms with Crippen LogP contribution in [0.25, 0.3) is 10.9 Å². The molecule has 2 saturated heterocycles. The van der Waals surface area contributed by atoms with E-state index in [4.69, 9.17) is 11.6 Å². The molecule has 2 aliphatic heterocycles. The molecule has 0 saturated carbocycles. The molecule has 0 bridgehead atoms. The minimum atomic E-state index is -1.14. The van der Waals surface area contributed by atoms with Gasteiger partial charge >= 0.3 is 0 Å². The maximum Gasteiger partial charge on any atom is 0.242 e. The molecule has 3 atom stereocenters. The summed E-state index contributed by atoms with van der Waals surface area (Å²) in [5.41, 5.74) is 3.83. The Labute approximate surface area is 250 Å². The van der Waals surface area contributed by atoms with Crippen molar-refractivity contribution in [2.24, 2.45) is 0 Å². The van der Waals surface area contributed by atoms with Gasteiger partial charge in [-0.05, 0) is 55.3 Å². The Hall–Kier alpha value is -2.78. The molecule has 0 spiro atoms. The largest absolute Gasteiger partial charge is 0.391 e. The third-order valence-electron chi connectivity index (χ3n) is 7.86. The molecule has 0 radical (unpaired) electrons. The van der Waals surface area contributed by atoms with Gasteiger partial charge in [-0.2, -0.15) is 0 Å². The Kier molecular flexibility index (Phi) is 7.46. The number of hydrogen-bond donors (Lipinski definition) is 2. The van der Waals surface area contributed by atoms with Gasteiger partial charge in [0.25, 0.3) is 0 Å². The molecule has 4 aromatic rings. The lowest BCUT2D eigenvalue weighted by molar-refractivity contribution is -0.134. The number of aromatic nitrogens is 1. The van der Waals surface area contributed by atoms with Crippen molar-refractivity contribution >= 4 is 62.0 Å². The summed E-state index contributed by atoms with van der Waals surface area (Å²) < 4.78 is -0.179. The van der Waals surface area contributed by atoms with E-state index in [1.165, 1.54) is 11.8 Å². The molecule has 2 fully saturated rings. The van der Waals surface area contributed by atoms with Crippen molar-refractivity contribution in [3.8, 4) is 0 Å². The second-order valence-corrected chi connectivity index (χ2v) is 13.4. The van der Waals surface area contributed by atoms with Crippen molar-refractivity contribution in [3.05, 3.63) is 99.1 Å². The molecular weight excluding hydrogens is 610 g/mol. The van der Waals surface area contributed by atoms with Crippen LogP contribution in [-0.2, 0) is 16.1 Å². The Bertz CT molecular complexity index is 1580. The molecule has 6 rings (SSSR count). The number of benzene rings is 3. The van der Waals surface area contributed by atoms with Crippen LogP contribution in [0.4, 0.5) is 0 Å². The number of likely N-dealkylation sites (tertiary alicyclic amines) is 2. The van der Waals surface area contributed by atoms with Crippen LogP contribution in [0.2, 0.25) is 5.02 Å². The zero-order valence-corrected chi connectivity index (χ0v) is 25.1. The predicted molar refractivity (Wildman–Crippen MR) is 162 cm³/mol. The molecule has 6 nitrogen and oxygen atoms in total. The second-order valence-electron chi connectivity index (χ2n) is 10.7. The number of rotatable bonds is 6. The number of halogens is 2. The van der Waals surface area contributed by atoms with Gasteiger partial charge in [-0.15, -0.1) is 11.8 Å². The Balaban J connectivity index is 1.53. The van der Waals surface area contributed by atoms with Crippen molar-refractivity contribution in [1.29, 1.82) is 0 Å². The number of β-amino-alcohol motifs (C(OH)–C–C–N with tert-alkyl or cyclic N) is 1. The van der Waals surface area contributed by atoms with Crippen LogP contribution in [0, 0.1) is 6.92 Å². The molecule has 40 heavy (non-hydrogen) atoms. The maximum absolute atomic E-state index is 14.6. The molecular formula is C31H29BrClN3O3S. The van der Waals surface area contributed by atoms with Crippen molar-refractivity contribution in [1.82, 2.24) is 14.8 Å². The van der Waals surface area contributed by atoms with Crippen LogP contribution in [0.1, 0.15) is 35.6 Å². The lowest BCUT2D eigenvalue weighted by atomic mass is 9.90. The van der Waals surface area contributed by atoms with E-state index in [0.717, 1.165) is 37.0 Å². The fourth-order valence-corrected chi connectivity index (χ4v) is 7.80. The highest BCUT2D eigenvalue weighted by molar-refractivity contribution is 9.10. The second kappa shape index (κ2) is 10.9. The van der Waals surface area contributed by atoms with Crippen LogP contribution in [0.5, 0.6) is 0 Å². The van der Waals surface area contributed by atoms with E-state index in [9.17, 15) is 14.7 Å². The molecule has 3 aromatic carbocycles. The first kappa shape index (κ1) is 27.4. The van der Waals surface area contributed by atoms with Gasteiger partial charge in [-0.3, -0.25) is 9.59 Å². The molecule has 2 aliphatic rings. The number of nitrogens with zero attached hydrogens (tertiary/aromatic N) is 2. The average Bonchev–Trinajstić information content (AvgIpc) is 3.62. The van der Waals surface area contributed by atoms with E-state index in [1.807, 2.05) is 84.8 Å². The first-order chi connectivity index (χ1) is 19.2. The number of aliphatic hydroxyl groups excluding tert-OH is 1. The van der Waals surface area contributed by atoms with Crippen LogP contribution < -0.4 is 0 Å². The fourth-order valence-electron chi connectivity index (χ4n) is 5.89. The summed E-state index contributed by atoms with van der Waals surface area (Å²) in [4.78, 5) is 36.5. The highest BCUT2D eigenvalue weighted by Crippen LogP contribution is 2.55. The van der Waals surface area contributed by atoms with E-state index in [1.54, 1.807) is 4.90 Å². The number of H-pyrrole nitrogens is 1. The summed E-state index contributed by atoms with van der Waals surface area (Å²) in [6.07, 6.45) is 1.94. The number of aryl methyl sites for hydroxylation is 1. The van der Waals surface area contributed by atoms with E-state index >= 15 is 0 Å². The number of amides is 2. The van der Waals surface area contributed by atoms with Crippen molar-refractivity contribution in [2.45, 2.75) is 48.1 Å². The molecule has 3 unspecified atom stereocenters. The summed E-state index contributed by atoms with van der Waals surface area (Å²) >= 11 is 11.3. The number of aromatic amines is 1. The quantitative estimate of drug-likeness (QED) is 0.253. The van der Waals surface area contributed by atoms with E-state index in [0.29, 0.717) is 24.5 Å². The first-order valence-corrected chi connectivity index (χ1v) is 15.3. The molecule has 206 valence electrons. The van der Waals surface area contributed by atoms with Crippen LogP contribution in [0.3, 0.4) is 0 Å². The molecule has 0 aliphatic carbocycles. The predicted octanol–water partition coefficient (Wildman–Crippen LogP) is 6.49. The third-order valence-corrected chi connectivity index (χ3v) is 10.0. The van der Waals surface area contributed by atoms with Crippen LogP contribution >= 0.6 is 39.3 Å². The number of carbonyl (C=O) groups excluding carboxylic acids is 2. The molecule has 9 heteroatoms. The van der Waals surface area contributed by atoms with E-state index < -0.39 is 16.9 Å². The minimum Gasteiger partial charge on any atom is -0.391 e. The number of carbonyl (C=O) groups is 2. The Morgan fingerprint density at radius 1 is 1.15 bits per heavy atom. The number of aliphatic hydroxyl groups is 1. The van der Waals surface area contributed by atoms with Gasteiger partial charge in [0.2, 0.25) is 11.8 Å². The SMILES string of the molecule is Cc1ccc(SC2(C(=O)N3CCC(O)C3)CC(=O)N(Cc3ccc(Br)cc3)C2c2c[nH]c3cc(Cl)ccc23)cc1. The number of nitrogens with one attached hydrogen (secondary N) is 1. The van der Waals surface area contributed by atoms with Crippen LogP contribution in [0.15, 0.2) is 82.3 Å². The summed E-state index contributed by atoms with van der Waals surface area (Å²) in [7, 11) is 0. The van der Waals surface area contributed by atoms with Crippen molar-refractivity contribution in [3.63, 3.8) is 0 Å². The summed E-state index contributed by atoms with van der Waals surface area (Å²) in [5, 5.41) is 11.9. The highest BCUT2D eigenvalue weighted by atomic mass is 79.9. The molecule has 1 aromatic heterocycles. The lowest BCUT2D eigenvalue weighted by Crippen LogP contribution is -2.49. The summed E-state index contributed by atoms with van der Waals surface area (Å²) in [5.74, 6) is -0.196. The monoisotopic (exact) mass is 637 g/mol. The van der Waals surface area contributed by atoms with Gasteiger partial charge in [-0.25, -0.2) is 0 Å².